The lowest BCUT2D eigenvalue weighted by atomic mass is 10.0. The molecule has 0 saturated heterocycles. The van der Waals surface area contributed by atoms with Gasteiger partial charge in [-0.1, -0.05) is 20.8 Å². The average molecular weight is 298 g/mol. The predicted molar refractivity (Wildman–Crippen MR) is 93.1 cm³/mol. The van der Waals surface area contributed by atoms with Crippen molar-refractivity contribution in [1.82, 2.24) is 4.90 Å². The van der Waals surface area contributed by atoms with Crippen molar-refractivity contribution >= 4 is 9.52 Å². The van der Waals surface area contributed by atoms with Crippen molar-refractivity contribution in [2.45, 2.75) is 77.6 Å². The van der Waals surface area contributed by atoms with Crippen LogP contribution in [0.1, 0.15) is 61.3 Å². The Bertz CT molecular complexity index is 332. The maximum absolute atomic E-state index is 6.07. The summed E-state index contributed by atoms with van der Waals surface area (Å²) < 4.78 is 6.07. The van der Waals surface area contributed by atoms with E-state index in [2.05, 4.69) is 65.3 Å². The van der Waals surface area contributed by atoms with Gasteiger partial charge in [-0.2, -0.15) is 0 Å². The van der Waals surface area contributed by atoms with Crippen molar-refractivity contribution < 1.29 is 4.74 Å². The molecule has 0 amide bonds. The summed E-state index contributed by atoms with van der Waals surface area (Å²) in [4.78, 5) is 2.41. The minimum Gasteiger partial charge on any atom is -0.380 e. The molecule has 0 saturated carbocycles. The Hall–Kier alpha value is -0.303. The maximum Gasteiger partial charge on any atom is 0.0796 e. The van der Waals surface area contributed by atoms with Crippen molar-refractivity contribution in [3.63, 3.8) is 0 Å². The van der Waals surface area contributed by atoms with Gasteiger partial charge in [0.05, 0.1) is 9.52 Å². The predicted octanol–water partition coefficient (Wildman–Crippen LogP) is 3.25. The molecule has 0 radical (unpaired) electrons. The molecule has 0 aromatic rings. The molecule has 0 aliphatic rings. The first-order chi connectivity index (χ1) is 9.19. The van der Waals surface area contributed by atoms with Gasteiger partial charge in [-0.25, -0.2) is 0 Å². The fraction of sp³-hybridized carbons (Fsp3) is 0.882. The molecular weight excluding hydrogens is 262 g/mol. The smallest absolute Gasteiger partial charge is 0.0796 e. The van der Waals surface area contributed by atoms with Crippen LogP contribution in [0.2, 0.25) is 5.04 Å². The lowest BCUT2D eigenvalue weighted by Gasteiger charge is -2.37. The third kappa shape index (κ3) is 7.47. The Kier molecular flexibility index (Phi) is 8.73. The van der Waals surface area contributed by atoms with Gasteiger partial charge in [-0.3, -0.25) is 0 Å². The van der Waals surface area contributed by atoms with Crippen LogP contribution in [0, 0.1) is 11.8 Å². The summed E-state index contributed by atoms with van der Waals surface area (Å²) >= 11 is 0. The summed E-state index contributed by atoms with van der Waals surface area (Å²) in [6.07, 6.45) is 2.23. The molecule has 0 aliphatic carbocycles. The summed E-state index contributed by atoms with van der Waals surface area (Å²) in [7, 11) is 1.72. The lowest BCUT2D eigenvalue weighted by molar-refractivity contribution is 0.0412. The fourth-order valence-electron chi connectivity index (χ4n) is 2.96. The largest absolute Gasteiger partial charge is 0.380 e. The quantitative estimate of drug-likeness (QED) is 0.478. The van der Waals surface area contributed by atoms with E-state index in [0.29, 0.717) is 6.04 Å². The monoisotopic (exact) mass is 297 g/mol. The molecule has 0 spiro atoms. The molecule has 118 valence electrons. The first-order valence-electron chi connectivity index (χ1n) is 7.97. The van der Waals surface area contributed by atoms with Crippen LogP contribution in [0.3, 0.4) is 0 Å². The van der Waals surface area contributed by atoms with E-state index in [0.717, 1.165) is 26.0 Å². The van der Waals surface area contributed by atoms with Crippen LogP contribution in [0.15, 0.2) is 0 Å². The van der Waals surface area contributed by atoms with Gasteiger partial charge in [0.15, 0.2) is 0 Å². The molecule has 2 atom stereocenters. The van der Waals surface area contributed by atoms with Crippen molar-refractivity contribution in [3.8, 4) is 11.8 Å². The molecule has 3 heteroatoms. The van der Waals surface area contributed by atoms with Gasteiger partial charge in [-0.15, -0.1) is 11.8 Å². The van der Waals surface area contributed by atoms with E-state index < -0.39 is 9.52 Å². The summed E-state index contributed by atoms with van der Waals surface area (Å²) in [6.45, 7) is 17.4. The zero-order chi connectivity index (χ0) is 15.8. The van der Waals surface area contributed by atoms with Gasteiger partial charge in [0.1, 0.15) is 0 Å². The molecule has 0 rings (SSSR count). The first-order valence-corrected chi connectivity index (χ1v) is 9.39. The third-order valence-corrected chi connectivity index (χ3v) is 6.24. The second-order valence-electron chi connectivity index (χ2n) is 6.85. The molecule has 0 N–H and O–H groups in total. The highest BCUT2D eigenvalue weighted by Gasteiger charge is 2.34. The van der Waals surface area contributed by atoms with E-state index in [-0.39, 0.29) is 10.3 Å². The molecule has 2 unspecified atom stereocenters. The topological polar surface area (TPSA) is 12.5 Å². The average Bonchev–Trinajstić information content (AvgIpc) is 2.34. The molecule has 2 nitrogen and oxygen atoms in total. The van der Waals surface area contributed by atoms with E-state index in [9.17, 15) is 0 Å². The first kappa shape index (κ1) is 19.7. The SMILES string of the molecule is CC#CC(C)(CC(C)N(C)CC)[SiH2]C(C)(C)OCCC. The summed E-state index contributed by atoms with van der Waals surface area (Å²) in [6, 6.07) is 0.570. The van der Waals surface area contributed by atoms with Crippen LogP contribution < -0.4 is 0 Å². The van der Waals surface area contributed by atoms with E-state index in [1.807, 2.05) is 6.92 Å². The van der Waals surface area contributed by atoms with E-state index in [1.165, 1.54) is 0 Å². The fourth-order valence-corrected chi connectivity index (χ4v) is 5.91. The maximum atomic E-state index is 6.07. The number of rotatable bonds is 9. The van der Waals surface area contributed by atoms with Crippen LogP contribution >= 0.6 is 0 Å². The second-order valence-corrected chi connectivity index (χ2v) is 10.5. The molecule has 0 heterocycles. The van der Waals surface area contributed by atoms with Gasteiger partial charge in [0.2, 0.25) is 0 Å². The van der Waals surface area contributed by atoms with E-state index in [4.69, 9.17) is 4.74 Å². The van der Waals surface area contributed by atoms with Gasteiger partial charge in [0, 0.05) is 22.9 Å². The zero-order valence-corrected chi connectivity index (χ0v) is 16.4. The number of hydrogen-bond acceptors (Lipinski definition) is 2. The van der Waals surface area contributed by atoms with Gasteiger partial charge >= 0.3 is 0 Å². The summed E-state index contributed by atoms with van der Waals surface area (Å²) in [5.74, 6) is 6.67. The Balaban J connectivity index is 4.86. The van der Waals surface area contributed by atoms with Crippen LogP contribution in [0.4, 0.5) is 0 Å². The third-order valence-electron chi connectivity index (χ3n) is 3.94. The van der Waals surface area contributed by atoms with Crippen molar-refractivity contribution in [1.29, 1.82) is 0 Å². The second kappa shape index (κ2) is 8.87. The Morgan fingerprint density at radius 1 is 1.25 bits per heavy atom. The normalized spacial score (nSPS) is 17.1. The molecule has 0 fully saturated rings. The highest BCUT2D eigenvalue weighted by Crippen LogP contribution is 2.35. The Morgan fingerprint density at radius 2 is 1.85 bits per heavy atom. The van der Waals surface area contributed by atoms with Crippen LogP contribution in [-0.4, -0.2) is 45.9 Å². The highest BCUT2D eigenvalue weighted by atomic mass is 28.2. The van der Waals surface area contributed by atoms with Crippen molar-refractivity contribution in [2.24, 2.45) is 0 Å². The minimum absolute atomic E-state index is 0.0269. The van der Waals surface area contributed by atoms with Gasteiger partial charge < -0.3 is 9.64 Å². The van der Waals surface area contributed by atoms with Crippen LogP contribution in [0.25, 0.3) is 0 Å². The van der Waals surface area contributed by atoms with Crippen molar-refractivity contribution in [3.05, 3.63) is 0 Å². The number of nitrogens with zero attached hydrogens (tertiary/aromatic N) is 1. The molecule has 0 aromatic carbocycles. The van der Waals surface area contributed by atoms with E-state index in [1.54, 1.807) is 0 Å². The Morgan fingerprint density at radius 3 is 2.30 bits per heavy atom. The summed E-state index contributed by atoms with van der Waals surface area (Å²) in [5.41, 5.74) is 0. The molecule has 20 heavy (non-hydrogen) atoms. The number of hydrogen-bond donors (Lipinski definition) is 0. The molecule has 0 aromatic heterocycles. The Labute approximate surface area is 129 Å². The standard InChI is InChI=1S/C17H35NOSi/c1-9-12-17(7,14-15(4)18(8)11-3)20-16(5,6)19-13-10-2/h15H,10-11,13-14,20H2,1-8H3. The molecular formula is C17H35NOSi. The van der Waals surface area contributed by atoms with Crippen LogP contribution in [-0.2, 0) is 4.74 Å². The van der Waals surface area contributed by atoms with Gasteiger partial charge in [0.25, 0.3) is 0 Å². The lowest BCUT2D eigenvalue weighted by Crippen LogP contribution is -2.42. The van der Waals surface area contributed by atoms with Crippen LogP contribution in [0.5, 0.6) is 0 Å². The van der Waals surface area contributed by atoms with Crippen molar-refractivity contribution in [2.75, 3.05) is 20.2 Å². The van der Waals surface area contributed by atoms with E-state index >= 15 is 0 Å². The summed E-state index contributed by atoms with van der Waals surface area (Å²) in [5, 5.41) is 0.175. The number of ether oxygens (including phenoxy) is 1. The minimum atomic E-state index is -0.479. The highest BCUT2D eigenvalue weighted by molar-refractivity contribution is 6.45. The molecule has 0 aliphatic heterocycles. The van der Waals surface area contributed by atoms with Gasteiger partial charge in [-0.05, 0) is 54.1 Å². The molecule has 0 bridgehead atoms. The zero-order valence-electron chi connectivity index (χ0n) is 15.0.